The molecule has 0 fully saturated rings. The molecule has 1 N–H and O–H groups in total. The van der Waals surface area contributed by atoms with E-state index in [9.17, 15) is 0 Å². The van der Waals surface area contributed by atoms with Crippen molar-refractivity contribution in [1.29, 1.82) is 0 Å². The average Bonchev–Trinajstić information content (AvgIpc) is 2.34. The van der Waals surface area contributed by atoms with Gasteiger partial charge in [-0.1, -0.05) is 32.9 Å². The van der Waals surface area contributed by atoms with Gasteiger partial charge in [-0.05, 0) is 42.2 Å². The van der Waals surface area contributed by atoms with Gasteiger partial charge in [0.2, 0.25) is 0 Å². The molecule has 114 valence electrons. The summed E-state index contributed by atoms with van der Waals surface area (Å²) in [6.07, 6.45) is 0.664. The first-order chi connectivity index (χ1) is 9.26. The summed E-state index contributed by atoms with van der Waals surface area (Å²) in [5, 5.41) is 9.16. The van der Waals surface area contributed by atoms with Gasteiger partial charge in [0.25, 0.3) is 0 Å². The molecule has 0 radical (unpaired) electrons. The highest BCUT2D eigenvalue weighted by molar-refractivity contribution is 6.74. The van der Waals surface area contributed by atoms with Crippen LogP contribution >= 0.6 is 0 Å². The highest BCUT2D eigenvalue weighted by atomic mass is 28.4. The van der Waals surface area contributed by atoms with Crippen LogP contribution < -0.4 is 4.74 Å². The van der Waals surface area contributed by atoms with Crippen molar-refractivity contribution in [2.24, 2.45) is 0 Å². The van der Waals surface area contributed by atoms with Gasteiger partial charge in [-0.3, -0.25) is 0 Å². The van der Waals surface area contributed by atoms with E-state index in [-0.39, 0.29) is 11.6 Å². The van der Waals surface area contributed by atoms with Crippen molar-refractivity contribution >= 4 is 8.32 Å². The van der Waals surface area contributed by atoms with E-state index in [0.717, 1.165) is 11.3 Å². The fourth-order valence-corrected chi connectivity index (χ4v) is 2.62. The number of benzene rings is 1. The van der Waals surface area contributed by atoms with Gasteiger partial charge in [-0.2, -0.15) is 0 Å². The summed E-state index contributed by atoms with van der Waals surface area (Å²) in [5.41, 5.74) is 1.09. The predicted molar refractivity (Wildman–Crippen MR) is 85.9 cm³/mol. The molecule has 1 aromatic rings. The second-order valence-corrected chi connectivity index (χ2v) is 11.4. The third kappa shape index (κ3) is 5.27. The molecule has 4 heteroatoms. The third-order valence-electron chi connectivity index (χ3n) is 3.92. The first-order valence-electron chi connectivity index (χ1n) is 7.23. The lowest BCUT2D eigenvalue weighted by atomic mass is 10.1. The Balaban J connectivity index is 2.40. The van der Waals surface area contributed by atoms with Gasteiger partial charge in [-0.25, -0.2) is 0 Å². The molecule has 0 amide bonds. The topological polar surface area (TPSA) is 38.7 Å². The lowest BCUT2D eigenvalue weighted by Gasteiger charge is -2.36. The van der Waals surface area contributed by atoms with Crippen molar-refractivity contribution in [3.63, 3.8) is 0 Å². The second-order valence-electron chi connectivity index (χ2n) is 6.58. The molecular weight excluding hydrogens is 268 g/mol. The Morgan fingerprint density at radius 2 is 1.85 bits per heavy atom. The second kappa shape index (κ2) is 7.25. The Bertz CT molecular complexity index is 410. The molecule has 20 heavy (non-hydrogen) atoms. The lowest BCUT2D eigenvalue weighted by Crippen LogP contribution is -2.41. The van der Waals surface area contributed by atoms with Crippen molar-refractivity contribution in [2.45, 2.75) is 45.3 Å². The van der Waals surface area contributed by atoms with E-state index in [1.165, 1.54) is 0 Å². The molecule has 1 rings (SSSR count). The molecule has 0 atom stereocenters. The Kier molecular flexibility index (Phi) is 6.24. The molecule has 0 saturated heterocycles. The number of rotatable bonds is 7. The van der Waals surface area contributed by atoms with Gasteiger partial charge in [0.05, 0.1) is 6.61 Å². The van der Waals surface area contributed by atoms with E-state index in [2.05, 4.69) is 33.9 Å². The fraction of sp³-hybridized carbons (Fsp3) is 0.625. The molecule has 0 aliphatic carbocycles. The van der Waals surface area contributed by atoms with Gasteiger partial charge in [-0.15, -0.1) is 0 Å². The van der Waals surface area contributed by atoms with E-state index < -0.39 is 8.32 Å². The van der Waals surface area contributed by atoms with Crippen LogP contribution in [0.2, 0.25) is 18.1 Å². The average molecular weight is 296 g/mol. The van der Waals surface area contributed by atoms with Crippen molar-refractivity contribution in [1.82, 2.24) is 0 Å². The smallest absolute Gasteiger partial charge is 0.192 e. The van der Waals surface area contributed by atoms with Crippen LogP contribution in [0, 0.1) is 0 Å². The van der Waals surface area contributed by atoms with E-state index in [1.54, 1.807) is 0 Å². The maximum atomic E-state index is 8.93. The number of aliphatic hydroxyl groups is 1. The minimum absolute atomic E-state index is 0.165. The summed E-state index contributed by atoms with van der Waals surface area (Å²) in [6.45, 7) is 12.5. The molecule has 0 aliphatic rings. The largest absolute Gasteiger partial charge is 0.491 e. The first-order valence-corrected chi connectivity index (χ1v) is 10.1. The van der Waals surface area contributed by atoms with Gasteiger partial charge >= 0.3 is 0 Å². The van der Waals surface area contributed by atoms with Crippen LogP contribution in [0.3, 0.4) is 0 Å². The Labute approximate surface area is 124 Å². The molecule has 0 aliphatic heterocycles. The van der Waals surface area contributed by atoms with Crippen LogP contribution in [0.25, 0.3) is 0 Å². The van der Waals surface area contributed by atoms with Crippen molar-refractivity contribution < 1.29 is 14.3 Å². The predicted octanol–water partition coefficient (Wildman–Crippen LogP) is 3.62. The van der Waals surface area contributed by atoms with Gasteiger partial charge in [0.15, 0.2) is 8.32 Å². The van der Waals surface area contributed by atoms with Gasteiger partial charge < -0.3 is 14.3 Å². The SMILES string of the molecule is CC(C)(C)[Si](C)(C)OCCOc1cccc(CCO)c1. The highest BCUT2D eigenvalue weighted by Crippen LogP contribution is 2.36. The van der Waals surface area contributed by atoms with E-state index in [1.807, 2.05) is 24.3 Å². The van der Waals surface area contributed by atoms with Crippen LogP contribution in [-0.4, -0.2) is 33.2 Å². The number of hydrogen-bond donors (Lipinski definition) is 1. The van der Waals surface area contributed by atoms with Crippen LogP contribution in [0.1, 0.15) is 26.3 Å². The summed E-state index contributed by atoms with van der Waals surface area (Å²) in [4.78, 5) is 0. The Morgan fingerprint density at radius 3 is 2.45 bits per heavy atom. The van der Waals surface area contributed by atoms with E-state index >= 15 is 0 Å². The van der Waals surface area contributed by atoms with Crippen LogP contribution in [0.5, 0.6) is 5.75 Å². The Morgan fingerprint density at radius 1 is 1.15 bits per heavy atom. The molecule has 0 unspecified atom stereocenters. The molecule has 0 heterocycles. The zero-order valence-corrected chi connectivity index (χ0v) is 14.4. The summed E-state index contributed by atoms with van der Waals surface area (Å²) < 4.78 is 11.8. The zero-order valence-electron chi connectivity index (χ0n) is 13.4. The van der Waals surface area contributed by atoms with Crippen LogP contribution in [0.15, 0.2) is 24.3 Å². The highest BCUT2D eigenvalue weighted by Gasteiger charge is 2.36. The quantitative estimate of drug-likeness (QED) is 0.617. The number of ether oxygens (including phenoxy) is 1. The molecule has 1 aromatic carbocycles. The molecule has 0 aromatic heterocycles. The monoisotopic (exact) mass is 296 g/mol. The minimum atomic E-state index is -1.68. The molecule has 3 nitrogen and oxygen atoms in total. The molecule has 0 bridgehead atoms. The van der Waals surface area contributed by atoms with Gasteiger partial charge in [0, 0.05) is 6.61 Å². The van der Waals surface area contributed by atoms with Crippen molar-refractivity contribution in [3.05, 3.63) is 29.8 Å². The lowest BCUT2D eigenvalue weighted by molar-refractivity contribution is 0.203. The number of hydrogen-bond acceptors (Lipinski definition) is 3. The molecule has 0 spiro atoms. The summed E-state index contributed by atoms with van der Waals surface area (Å²) in [7, 11) is -1.68. The van der Waals surface area contributed by atoms with Crippen molar-refractivity contribution in [2.75, 3.05) is 19.8 Å². The summed E-state index contributed by atoms with van der Waals surface area (Å²) in [5.74, 6) is 0.842. The van der Waals surface area contributed by atoms with Gasteiger partial charge in [0.1, 0.15) is 12.4 Å². The third-order valence-corrected chi connectivity index (χ3v) is 8.46. The van der Waals surface area contributed by atoms with E-state index in [0.29, 0.717) is 19.6 Å². The summed E-state index contributed by atoms with van der Waals surface area (Å²) >= 11 is 0. The normalized spacial score (nSPS) is 12.5. The maximum Gasteiger partial charge on any atom is 0.192 e. The van der Waals surface area contributed by atoms with E-state index in [4.69, 9.17) is 14.3 Å². The van der Waals surface area contributed by atoms with Crippen LogP contribution in [-0.2, 0) is 10.8 Å². The standard InChI is InChI=1S/C16H28O3Si/c1-16(2,3)20(4,5)19-12-11-18-15-8-6-7-14(13-15)9-10-17/h6-8,13,17H,9-12H2,1-5H3. The summed E-state index contributed by atoms with van der Waals surface area (Å²) in [6, 6.07) is 7.86. The van der Waals surface area contributed by atoms with Crippen molar-refractivity contribution in [3.8, 4) is 5.75 Å². The molecule has 0 saturated carbocycles. The maximum absolute atomic E-state index is 8.93. The minimum Gasteiger partial charge on any atom is -0.491 e. The first kappa shape index (κ1) is 17.2. The number of aliphatic hydroxyl groups excluding tert-OH is 1. The van der Waals surface area contributed by atoms with Crippen LogP contribution in [0.4, 0.5) is 0 Å². The molecular formula is C16H28O3Si. The zero-order chi connectivity index (χ0) is 15.2. The Hall–Kier alpha value is -0.843. The fourth-order valence-electron chi connectivity index (χ4n) is 1.59.